The fraction of sp³-hybridized carbons (Fsp3) is 0.400. The molecule has 2 atom stereocenters. The molecule has 1 fully saturated rings. The van der Waals surface area contributed by atoms with Crippen LogP contribution in [-0.2, 0) is 16.1 Å². The average molecular weight is 340 g/mol. The third kappa shape index (κ3) is 3.92. The number of anilines is 1. The molecule has 0 bridgehead atoms. The number of aryl methyl sites for hydroxylation is 1. The summed E-state index contributed by atoms with van der Waals surface area (Å²) in [6.45, 7) is 6.55. The van der Waals surface area contributed by atoms with Gasteiger partial charge in [0.25, 0.3) is 0 Å². The van der Waals surface area contributed by atoms with Crippen molar-refractivity contribution in [3.8, 4) is 0 Å². The molecule has 1 aliphatic rings. The van der Waals surface area contributed by atoms with Gasteiger partial charge < -0.3 is 15.1 Å². The maximum Gasteiger partial charge on any atom is 0.228 e. The van der Waals surface area contributed by atoms with Crippen molar-refractivity contribution in [3.05, 3.63) is 53.5 Å². The Morgan fingerprint density at radius 1 is 1.16 bits per heavy atom. The molecule has 1 heterocycles. The molecule has 5 nitrogen and oxygen atoms in total. The molecule has 1 aromatic carbocycles. The number of amides is 2. The van der Waals surface area contributed by atoms with Crippen LogP contribution in [0.5, 0.6) is 0 Å². The van der Waals surface area contributed by atoms with E-state index in [0.717, 1.165) is 16.8 Å². The monoisotopic (exact) mass is 340 g/mol. The first kappa shape index (κ1) is 17.3. The van der Waals surface area contributed by atoms with E-state index in [-0.39, 0.29) is 23.7 Å². The number of carbonyl (C=O) groups is 2. The first-order chi connectivity index (χ1) is 12.0. The summed E-state index contributed by atoms with van der Waals surface area (Å²) in [7, 11) is 0. The van der Waals surface area contributed by atoms with E-state index in [4.69, 9.17) is 4.42 Å². The summed E-state index contributed by atoms with van der Waals surface area (Å²) in [5.41, 5.74) is 3.04. The number of furan rings is 1. The molecule has 1 aromatic heterocycles. The molecular formula is C20H24N2O3. The van der Waals surface area contributed by atoms with Gasteiger partial charge in [-0.25, -0.2) is 0 Å². The molecule has 0 radical (unpaired) electrons. The van der Waals surface area contributed by atoms with Crippen molar-refractivity contribution in [3.63, 3.8) is 0 Å². The van der Waals surface area contributed by atoms with E-state index in [1.54, 1.807) is 12.3 Å². The lowest BCUT2D eigenvalue weighted by Crippen LogP contribution is -2.27. The number of hydrogen-bond acceptors (Lipinski definition) is 3. The maximum absolute atomic E-state index is 12.5. The Bertz CT molecular complexity index is 765. The van der Waals surface area contributed by atoms with Crippen LogP contribution >= 0.6 is 0 Å². The lowest BCUT2D eigenvalue weighted by molar-refractivity contribution is -0.125. The van der Waals surface area contributed by atoms with Crippen molar-refractivity contribution in [2.45, 2.75) is 39.7 Å². The van der Waals surface area contributed by atoms with Crippen molar-refractivity contribution in [2.24, 2.45) is 11.8 Å². The summed E-state index contributed by atoms with van der Waals surface area (Å²) >= 11 is 0. The summed E-state index contributed by atoms with van der Waals surface area (Å²) in [5.74, 6) is 0.357. The summed E-state index contributed by atoms with van der Waals surface area (Å²) in [5, 5.41) is 5.86. The molecule has 25 heavy (non-hydrogen) atoms. The van der Waals surface area contributed by atoms with E-state index in [1.165, 1.54) is 0 Å². The van der Waals surface area contributed by atoms with E-state index in [1.807, 2.05) is 31.2 Å². The van der Waals surface area contributed by atoms with Gasteiger partial charge >= 0.3 is 0 Å². The van der Waals surface area contributed by atoms with E-state index < -0.39 is 0 Å². The minimum Gasteiger partial charge on any atom is -0.467 e. The predicted molar refractivity (Wildman–Crippen MR) is 96.0 cm³/mol. The van der Waals surface area contributed by atoms with Crippen molar-refractivity contribution < 1.29 is 14.0 Å². The van der Waals surface area contributed by atoms with Gasteiger partial charge in [0.15, 0.2) is 0 Å². The molecule has 132 valence electrons. The SMILES string of the molecule is Cc1cccc(C(C)C)c1NC(=O)C1CC1C(=O)NCc1ccco1. The molecule has 1 aliphatic carbocycles. The van der Waals surface area contributed by atoms with Crippen molar-refractivity contribution >= 4 is 17.5 Å². The Hall–Kier alpha value is -2.56. The summed E-state index contributed by atoms with van der Waals surface area (Å²) in [6.07, 6.45) is 2.17. The fourth-order valence-electron chi connectivity index (χ4n) is 3.05. The van der Waals surface area contributed by atoms with E-state index in [9.17, 15) is 9.59 Å². The normalized spacial score (nSPS) is 18.9. The highest BCUT2D eigenvalue weighted by Gasteiger charge is 2.48. The summed E-state index contributed by atoms with van der Waals surface area (Å²) < 4.78 is 5.19. The second-order valence-corrected chi connectivity index (χ2v) is 6.93. The molecule has 0 saturated heterocycles. The Morgan fingerprint density at radius 3 is 2.60 bits per heavy atom. The summed E-state index contributed by atoms with van der Waals surface area (Å²) in [4.78, 5) is 24.7. The van der Waals surface area contributed by atoms with Crippen LogP contribution in [0.15, 0.2) is 41.0 Å². The molecule has 2 aromatic rings. The third-order valence-electron chi connectivity index (χ3n) is 4.66. The Kier molecular flexibility index (Phi) is 4.93. The first-order valence-electron chi connectivity index (χ1n) is 8.68. The van der Waals surface area contributed by atoms with Crippen LogP contribution in [0.25, 0.3) is 0 Å². The minimum absolute atomic E-state index is 0.0747. The second-order valence-electron chi connectivity index (χ2n) is 6.93. The standard InChI is InChI=1S/C20H24N2O3/c1-12(2)15-8-4-6-13(3)18(15)22-20(24)17-10-16(17)19(23)21-11-14-7-5-9-25-14/h4-9,12,16-17H,10-11H2,1-3H3,(H,21,23)(H,22,24). The Morgan fingerprint density at radius 2 is 1.92 bits per heavy atom. The molecular weight excluding hydrogens is 316 g/mol. The van der Waals surface area contributed by atoms with Gasteiger partial charge in [0, 0.05) is 5.69 Å². The molecule has 0 aliphatic heterocycles. The minimum atomic E-state index is -0.254. The smallest absolute Gasteiger partial charge is 0.228 e. The van der Waals surface area contributed by atoms with Crippen LogP contribution in [0.1, 0.15) is 43.1 Å². The van der Waals surface area contributed by atoms with E-state index in [2.05, 4.69) is 24.5 Å². The van der Waals surface area contributed by atoms with Gasteiger partial charge in [0.05, 0.1) is 24.6 Å². The first-order valence-corrected chi connectivity index (χ1v) is 8.68. The maximum atomic E-state index is 12.5. The van der Waals surface area contributed by atoms with Crippen LogP contribution in [0.3, 0.4) is 0 Å². The number of rotatable bonds is 6. The molecule has 2 amide bonds. The number of benzene rings is 1. The van der Waals surface area contributed by atoms with Gasteiger partial charge in [-0.15, -0.1) is 0 Å². The Balaban J connectivity index is 1.58. The van der Waals surface area contributed by atoms with Gasteiger partial charge in [-0.05, 0) is 42.5 Å². The van der Waals surface area contributed by atoms with Gasteiger partial charge in [0.2, 0.25) is 11.8 Å². The fourth-order valence-corrected chi connectivity index (χ4v) is 3.05. The van der Waals surface area contributed by atoms with Crippen LogP contribution in [0.2, 0.25) is 0 Å². The van der Waals surface area contributed by atoms with Crippen LogP contribution < -0.4 is 10.6 Å². The van der Waals surface area contributed by atoms with Crippen LogP contribution in [0, 0.1) is 18.8 Å². The highest BCUT2D eigenvalue weighted by Crippen LogP contribution is 2.40. The van der Waals surface area contributed by atoms with Crippen LogP contribution in [-0.4, -0.2) is 11.8 Å². The molecule has 3 rings (SSSR count). The largest absolute Gasteiger partial charge is 0.467 e. The van der Waals surface area contributed by atoms with Crippen molar-refractivity contribution in [1.82, 2.24) is 5.32 Å². The zero-order valence-electron chi connectivity index (χ0n) is 14.8. The third-order valence-corrected chi connectivity index (χ3v) is 4.66. The Labute approximate surface area is 147 Å². The quantitative estimate of drug-likeness (QED) is 0.844. The molecule has 1 saturated carbocycles. The van der Waals surface area contributed by atoms with Gasteiger partial charge in [-0.2, -0.15) is 0 Å². The van der Waals surface area contributed by atoms with Gasteiger partial charge in [0.1, 0.15) is 5.76 Å². The highest BCUT2D eigenvalue weighted by atomic mass is 16.3. The molecule has 2 unspecified atom stereocenters. The average Bonchev–Trinajstić information content (AvgIpc) is 3.22. The van der Waals surface area contributed by atoms with E-state index in [0.29, 0.717) is 24.6 Å². The molecule has 2 N–H and O–H groups in total. The lowest BCUT2D eigenvalue weighted by atomic mass is 9.98. The number of para-hydroxylation sites is 1. The van der Waals surface area contributed by atoms with Crippen LogP contribution in [0.4, 0.5) is 5.69 Å². The van der Waals surface area contributed by atoms with Gasteiger partial charge in [-0.3, -0.25) is 9.59 Å². The highest BCUT2D eigenvalue weighted by molar-refractivity contribution is 6.00. The zero-order valence-corrected chi connectivity index (χ0v) is 14.8. The number of nitrogens with one attached hydrogen (secondary N) is 2. The topological polar surface area (TPSA) is 71.3 Å². The summed E-state index contributed by atoms with van der Waals surface area (Å²) in [6, 6.07) is 9.62. The molecule has 0 spiro atoms. The van der Waals surface area contributed by atoms with Crippen molar-refractivity contribution in [2.75, 3.05) is 5.32 Å². The lowest BCUT2D eigenvalue weighted by Gasteiger charge is -2.16. The van der Waals surface area contributed by atoms with E-state index >= 15 is 0 Å². The molecule has 5 heteroatoms. The zero-order chi connectivity index (χ0) is 18.0. The number of hydrogen-bond donors (Lipinski definition) is 2. The van der Waals surface area contributed by atoms with Gasteiger partial charge in [-0.1, -0.05) is 32.0 Å². The van der Waals surface area contributed by atoms with Crippen molar-refractivity contribution in [1.29, 1.82) is 0 Å². The predicted octanol–water partition coefficient (Wildman–Crippen LogP) is 3.60. The number of carbonyl (C=O) groups excluding carboxylic acids is 2. The second kappa shape index (κ2) is 7.13.